The van der Waals surface area contributed by atoms with E-state index in [-0.39, 0.29) is 18.0 Å². The number of fused-ring (bicyclic) bond motifs is 1. The van der Waals surface area contributed by atoms with Crippen LogP contribution in [0.4, 0.5) is 5.13 Å². The number of hydrogen-bond acceptors (Lipinski definition) is 8. The number of rotatable bonds is 7. The highest BCUT2D eigenvalue weighted by atomic mass is 32.1. The van der Waals surface area contributed by atoms with Crippen molar-refractivity contribution in [3.63, 3.8) is 0 Å². The number of carbonyl (C=O) groups excluding carboxylic acids is 1. The number of thiazole rings is 1. The highest BCUT2D eigenvalue weighted by molar-refractivity contribution is 7.14. The minimum absolute atomic E-state index is 0.189. The molecule has 40 heavy (non-hydrogen) atoms. The van der Waals surface area contributed by atoms with Crippen LogP contribution in [-0.4, -0.2) is 49.4 Å². The number of benzene rings is 2. The standard InChI is InChI=1S/C32H41N3O4S/c1-20-8-7-9-24(29(20)38-18-22-14-21(2)26-16-33-12-10-23(26)15-22)27-19-40-31(34-27)35-13-11-25(28(17-35)37-6)30(36)39-32(3,4)5/h7-9,14-15,19,25,28,33H,10-13,16-18H2,1-6H3/t25-,28+/m0/s1. The van der Waals surface area contributed by atoms with Gasteiger partial charge < -0.3 is 24.4 Å². The number of esters is 1. The minimum Gasteiger partial charge on any atom is -0.488 e. The summed E-state index contributed by atoms with van der Waals surface area (Å²) < 4.78 is 17.9. The molecule has 3 aromatic rings. The third-order valence-corrected chi connectivity index (χ3v) is 8.60. The molecule has 1 saturated heterocycles. The van der Waals surface area contributed by atoms with Gasteiger partial charge in [-0.15, -0.1) is 11.3 Å². The summed E-state index contributed by atoms with van der Waals surface area (Å²) in [5.74, 6) is 0.404. The van der Waals surface area contributed by atoms with E-state index >= 15 is 0 Å². The predicted octanol–water partition coefficient (Wildman–Crippen LogP) is 5.83. The zero-order chi connectivity index (χ0) is 28.4. The van der Waals surface area contributed by atoms with Crippen LogP contribution in [0.5, 0.6) is 5.75 Å². The van der Waals surface area contributed by atoms with Crippen LogP contribution in [0.25, 0.3) is 11.3 Å². The summed E-state index contributed by atoms with van der Waals surface area (Å²) in [7, 11) is 1.66. The fourth-order valence-corrected chi connectivity index (χ4v) is 6.54. The SMILES string of the molecule is CO[C@@H]1CN(c2nc(-c3cccc(C)c3OCc3cc(C)c4c(c3)CCNC4)cs2)CC[C@@H]1C(=O)OC(C)(C)C. The van der Waals surface area contributed by atoms with E-state index in [1.807, 2.05) is 20.8 Å². The van der Waals surface area contributed by atoms with Crippen LogP contribution in [0.3, 0.4) is 0 Å². The van der Waals surface area contributed by atoms with Gasteiger partial charge in [-0.05, 0) is 87.9 Å². The Morgan fingerprint density at radius 2 is 2.02 bits per heavy atom. The number of piperidine rings is 1. The summed E-state index contributed by atoms with van der Waals surface area (Å²) in [6, 6.07) is 10.8. The Morgan fingerprint density at radius 1 is 1.20 bits per heavy atom. The van der Waals surface area contributed by atoms with Crippen LogP contribution in [-0.2, 0) is 33.8 Å². The van der Waals surface area contributed by atoms with Gasteiger partial charge in [-0.25, -0.2) is 4.98 Å². The van der Waals surface area contributed by atoms with Gasteiger partial charge in [-0.1, -0.05) is 24.3 Å². The van der Waals surface area contributed by atoms with Crippen molar-refractivity contribution in [2.45, 2.75) is 72.3 Å². The van der Waals surface area contributed by atoms with Gasteiger partial charge in [0.2, 0.25) is 0 Å². The fourth-order valence-electron chi connectivity index (χ4n) is 5.68. The van der Waals surface area contributed by atoms with Gasteiger partial charge in [0.15, 0.2) is 5.13 Å². The van der Waals surface area contributed by atoms with Crippen LogP contribution in [0.15, 0.2) is 35.7 Å². The van der Waals surface area contributed by atoms with Crippen LogP contribution in [0, 0.1) is 19.8 Å². The Bertz CT molecular complexity index is 1360. The molecule has 1 fully saturated rings. The van der Waals surface area contributed by atoms with Crippen LogP contribution < -0.4 is 15.0 Å². The molecule has 0 unspecified atom stereocenters. The monoisotopic (exact) mass is 563 g/mol. The Kier molecular flexibility index (Phi) is 8.50. The van der Waals surface area contributed by atoms with E-state index in [2.05, 4.69) is 59.8 Å². The van der Waals surface area contributed by atoms with Crippen LogP contribution in [0.1, 0.15) is 55.0 Å². The molecule has 0 spiro atoms. The van der Waals surface area contributed by atoms with E-state index in [0.717, 1.165) is 53.8 Å². The average molecular weight is 564 g/mol. The molecule has 0 amide bonds. The largest absolute Gasteiger partial charge is 0.488 e. The van der Waals surface area contributed by atoms with Gasteiger partial charge in [0.25, 0.3) is 0 Å². The second kappa shape index (κ2) is 11.9. The van der Waals surface area contributed by atoms with Crippen molar-refractivity contribution in [1.29, 1.82) is 0 Å². The second-order valence-corrected chi connectivity index (χ2v) is 12.7. The number of carbonyl (C=O) groups is 1. The lowest BCUT2D eigenvalue weighted by atomic mass is 9.93. The molecule has 2 aromatic carbocycles. The zero-order valence-electron chi connectivity index (χ0n) is 24.5. The van der Waals surface area contributed by atoms with Crippen molar-refractivity contribution in [1.82, 2.24) is 10.3 Å². The molecule has 1 aromatic heterocycles. The molecule has 1 N–H and O–H groups in total. The first kappa shape index (κ1) is 28.6. The molecule has 214 valence electrons. The number of aromatic nitrogens is 1. The summed E-state index contributed by atoms with van der Waals surface area (Å²) in [4.78, 5) is 20.0. The van der Waals surface area contributed by atoms with Gasteiger partial charge in [0.05, 0.1) is 17.7 Å². The number of aryl methyl sites for hydroxylation is 2. The topological polar surface area (TPSA) is 72.9 Å². The molecule has 2 aliphatic rings. The quantitative estimate of drug-likeness (QED) is 0.363. The van der Waals surface area contributed by atoms with Crippen LogP contribution >= 0.6 is 11.3 Å². The van der Waals surface area contributed by atoms with Crippen molar-refractivity contribution >= 4 is 22.4 Å². The van der Waals surface area contributed by atoms with E-state index in [1.165, 1.54) is 22.3 Å². The Balaban J connectivity index is 1.31. The smallest absolute Gasteiger partial charge is 0.312 e. The normalized spacial score (nSPS) is 19.3. The third kappa shape index (κ3) is 6.35. The summed E-state index contributed by atoms with van der Waals surface area (Å²) in [5.41, 5.74) is 7.84. The lowest BCUT2D eigenvalue weighted by Gasteiger charge is -2.37. The first-order chi connectivity index (χ1) is 19.1. The average Bonchev–Trinajstić information content (AvgIpc) is 3.41. The number of methoxy groups -OCH3 is 1. The van der Waals surface area contributed by atoms with E-state index in [1.54, 1.807) is 18.4 Å². The van der Waals surface area contributed by atoms with Crippen molar-refractivity contribution in [2.75, 3.05) is 31.6 Å². The third-order valence-electron chi connectivity index (χ3n) is 7.70. The van der Waals surface area contributed by atoms with E-state index in [4.69, 9.17) is 19.2 Å². The summed E-state index contributed by atoms with van der Waals surface area (Å²) >= 11 is 1.61. The number of hydrogen-bond donors (Lipinski definition) is 1. The van der Waals surface area contributed by atoms with Crippen LogP contribution in [0.2, 0.25) is 0 Å². The molecule has 8 heteroatoms. The first-order valence-electron chi connectivity index (χ1n) is 14.1. The highest BCUT2D eigenvalue weighted by Gasteiger charge is 2.37. The van der Waals surface area contributed by atoms with Gasteiger partial charge in [-0.2, -0.15) is 0 Å². The fraction of sp³-hybridized carbons (Fsp3) is 0.500. The molecule has 0 bridgehead atoms. The summed E-state index contributed by atoms with van der Waals surface area (Å²) in [5, 5.41) is 6.48. The summed E-state index contributed by atoms with van der Waals surface area (Å²) in [6.45, 7) is 13.8. The van der Waals surface area contributed by atoms with Gasteiger partial charge in [0.1, 0.15) is 18.0 Å². The maximum atomic E-state index is 12.8. The molecule has 2 atom stereocenters. The number of ether oxygens (including phenoxy) is 3. The Labute approximate surface area is 241 Å². The van der Waals surface area contributed by atoms with E-state index in [9.17, 15) is 4.79 Å². The van der Waals surface area contributed by atoms with Crippen molar-refractivity contribution in [2.24, 2.45) is 5.92 Å². The van der Waals surface area contributed by atoms with Crippen molar-refractivity contribution in [3.05, 3.63) is 63.5 Å². The number of nitrogens with one attached hydrogen (secondary N) is 1. The molecule has 0 saturated carbocycles. The lowest BCUT2D eigenvalue weighted by molar-refractivity contribution is -0.165. The first-order valence-corrected chi connectivity index (χ1v) is 15.0. The predicted molar refractivity (Wildman–Crippen MR) is 160 cm³/mol. The summed E-state index contributed by atoms with van der Waals surface area (Å²) in [6.07, 6.45) is 1.47. The molecule has 0 radical (unpaired) electrons. The maximum Gasteiger partial charge on any atom is 0.312 e. The van der Waals surface area contributed by atoms with Gasteiger partial charge in [-0.3, -0.25) is 4.79 Å². The van der Waals surface area contributed by atoms with Crippen molar-refractivity contribution < 1.29 is 19.0 Å². The lowest BCUT2D eigenvalue weighted by Crippen LogP contribution is -2.49. The molecule has 0 aliphatic carbocycles. The molecule has 5 rings (SSSR count). The molecule has 7 nitrogen and oxygen atoms in total. The second-order valence-electron chi connectivity index (χ2n) is 11.9. The Morgan fingerprint density at radius 3 is 2.80 bits per heavy atom. The minimum atomic E-state index is -0.513. The number of para-hydroxylation sites is 1. The highest BCUT2D eigenvalue weighted by Crippen LogP contribution is 2.37. The van der Waals surface area contributed by atoms with Gasteiger partial charge in [0, 0.05) is 37.7 Å². The van der Waals surface area contributed by atoms with E-state index in [0.29, 0.717) is 19.6 Å². The van der Waals surface area contributed by atoms with Crippen molar-refractivity contribution in [3.8, 4) is 17.0 Å². The Hall–Kier alpha value is -2.94. The zero-order valence-corrected chi connectivity index (χ0v) is 25.3. The molecular formula is C32H41N3O4S. The number of nitrogens with zero attached hydrogens (tertiary/aromatic N) is 2. The van der Waals surface area contributed by atoms with E-state index < -0.39 is 5.60 Å². The maximum absolute atomic E-state index is 12.8. The van der Waals surface area contributed by atoms with Gasteiger partial charge >= 0.3 is 5.97 Å². The number of anilines is 1. The molecule has 2 aliphatic heterocycles. The molecule has 3 heterocycles. The molecular weight excluding hydrogens is 522 g/mol.